The number of rotatable bonds is 5. The van der Waals surface area contributed by atoms with E-state index in [1.54, 1.807) is 31.4 Å². The summed E-state index contributed by atoms with van der Waals surface area (Å²) in [5.74, 6) is 0.846. The van der Waals surface area contributed by atoms with Crippen LogP contribution >= 0.6 is 11.8 Å². The summed E-state index contributed by atoms with van der Waals surface area (Å²) in [5.41, 5.74) is 0.618. The fraction of sp³-hybridized carbons (Fsp3) is 0.385. The summed E-state index contributed by atoms with van der Waals surface area (Å²) in [5, 5.41) is 10.4. The molecule has 0 fully saturated rings. The van der Waals surface area contributed by atoms with Crippen molar-refractivity contribution in [3.05, 3.63) is 29.8 Å². The predicted octanol–water partition coefficient (Wildman–Crippen LogP) is 3.12. The van der Waals surface area contributed by atoms with Crippen molar-refractivity contribution in [3.8, 4) is 11.2 Å². The highest BCUT2D eigenvalue weighted by atomic mass is 32.2. The third-order valence-electron chi connectivity index (χ3n) is 2.42. The highest BCUT2D eigenvalue weighted by Crippen LogP contribution is 2.23. The van der Waals surface area contributed by atoms with Gasteiger partial charge in [0.2, 0.25) is 0 Å². The minimum atomic E-state index is -0.312. The van der Waals surface area contributed by atoms with E-state index >= 15 is 0 Å². The number of ether oxygens (including phenoxy) is 1. The number of hydrogen-bond acceptors (Lipinski definition) is 4. The van der Waals surface area contributed by atoms with Gasteiger partial charge < -0.3 is 4.74 Å². The lowest BCUT2D eigenvalue weighted by atomic mass is 10.0. The third kappa shape index (κ3) is 3.50. The van der Waals surface area contributed by atoms with Gasteiger partial charge in [-0.05, 0) is 41.9 Å². The van der Waals surface area contributed by atoms with Crippen LogP contribution in [0.5, 0.6) is 5.75 Å². The molecule has 1 atom stereocenters. The van der Waals surface area contributed by atoms with Gasteiger partial charge >= 0.3 is 0 Å². The van der Waals surface area contributed by atoms with E-state index in [0.717, 1.165) is 17.5 Å². The molecule has 0 heterocycles. The normalized spacial score (nSPS) is 11.9. The van der Waals surface area contributed by atoms with E-state index in [0.29, 0.717) is 5.56 Å². The van der Waals surface area contributed by atoms with E-state index in [9.17, 15) is 4.79 Å². The number of hydrogen-bond donors (Lipinski definition) is 0. The quantitative estimate of drug-likeness (QED) is 0.594. The Kier molecular flexibility index (Phi) is 5.05. The van der Waals surface area contributed by atoms with Crippen LogP contribution in [-0.4, -0.2) is 18.1 Å². The molecule has 0 N–H and O–H groups in total. The number of methoxy groups -OCH3 is 1. The van der Waals surface area contributed by atoms with E-state index < -0.39 is 0 Å². The van der Waals surface area contributed by atoms with E-state index in [1.807, 2.05) is 19.2 Å². The van der Waals surface area contributed by atoms with Crippen LogP contribution in [0.1, 0.15) is 24.2 Å². The van der Waals surface area contributed by atoms with Gasteiger partial charge in [-0.15, -0.1) is 0 Å². The first kappa shape index (κ1) is 13.6. The van der Waals surface area contributed by atoms with Crippen molar-refractivity contribution in [2.24, 2.45) is 5.92 Å². The number of benzene rings is 1. The first-order valence-corrected chi connectivity index (χ1v) is 6.21. The summed E-state index contributed by atoms with van der Waals surface area (Å²) in [6, 6.07) is 6.96. The molecule has 0 saturated carbocycles. The Hall–Kier alpha value is -1.47. The molecule has 0 aliphatic heterocycles. The van der Waals surface area contributed by atoms with Crippen LogP contribution in [0.25, 0.3) is 0 Å². The molecule has 0 amide bonds. The lowest BCUT2D eigenvalue weighted by Gasteiger charge is -2.15. The fourth-order valence-electron chi connectivity index (χ4n) is 1.47. The molecule has 0 spiro atoms. The smallest absolute Gasteiger partial charge is 0.177 e. The maximum atomic E-state index is 12.2. The Labute approximate surface area is 106 Å². The Bertz CT molecular complexity index is 420. The standard InChI is InChI=1S/C13H15NO2S/c1-9(2)13(17-8-14)12(15)10-4-6-11(16-3)7-5-10/h4-7,9,13H,1-3H3. The first-order valence-electron chi connectivity index (χ1n) is 5.33. The molecule has 4 heteroatoms. The molecule has 1 unspecified atom stereocenters. The van der Waals surface area contributed by atoms with Crippen LogP contribution in [0.2, 0.25) is 0 Å². The number of thiocyanates is 1. The molecule has 0 saturated heterocycles. The Balaban J connectivity index is 2.90. The van der Waals surface area contributed by atoms with Crippen LogP contribution in [0.4, 0.5) is 0 Å². The summed E-state index contributed by atoms with van der Waals surface area (Å²) in [4.78, 5) is 12.2. The van der Waals surface area contributed by atoms with Crippen LogP contribution in [0.15, 0.2) is 24.3 Å². The largest absolute Gasteiger partial charge is 0.497 e. The van der Waals surface area contributed by atoms with Gasteiger partial charge in [-0.25, -0.2) is 0 Å². The highest BCUT2D eigenvalue weighted by molar-refractivity contribution is 8.05. The van der Waals surface area contributed by atoms with Crippen LogP contribution in [0.3, 0.4) is 0 Å². The topological polar surface area (TPSA) is 50.1 Å². The number of carbonyl (C=O) groups is 1. The molecular weight excluding hydrogens is 234 g/mol. The monoisotopic (exact) mass is 249 g/mol. The average molecular weight is 249 g/mol. The molecule has 1 rings (SSSR count). The van der Waals surface area contributed by atoms with E-state index in [4.69, 9.17) is 10.00 Å². The van der Waals surface area contributed by atoms with Crippen LogP contribution in [0, 0.1) is 16.6 Å². The summed E-state index contributed by atoms with van der Waals surface area (Å²) in [7, 11) is 1.58. The van der Waals surface area contributed by atoms with Gasteiger partial charge in [0, 0.05) is 5.56 Å². The van der Waals surface area contributed by atoms with Crippen LogP contribution in [-0.2, 0) is 0 Å². The van der Waals surface area contributed by atoms with Gasteiger partial charge in [-0.1, -0.05) is 13.8 Å². The first-order chi connectivity index (χ1) is 8.10. The molecule has 0 aromatic heterocycles. The van der Waals surface area contributed by atoms with Crippen molar-refractivity contribution in [2.45, 2.75) is 19.1 Å². The maximum Gasteiger partial charge on any atom is 0.177 e. The average Bonchev–Trinajstić information content (AvgIpc) is 2.35. The second kappa shape index (κ2) is 6.31. The maximum absolute atomic E-state index is 12.2. The van der Waals surface area contributed by atoms with Gasteiger partial charge in [0.25, 0.3) is 0 Å². The highest BCUT2D eigenvalue weighted by Gasteiger charge is 2.24. The molecule has 1 aromatic carbocycles. The summed E-state index contributed by atoms with van der Waals surface area (Å²) < 4.78 is 5.04. The van der Waals surface area contributed by atoms with E-state index in [1.165, 1.54) is 0 Å². The minimum absolute atomic E-state index is 0.00537. The SMILES string of the molecule is COc1ccc(C(=O)C(SC#N)C(C)C)cc1. The predicted molar refractivity (Wildman–Crippen MR) is 69.2 cm³/mol. The zero-order valence-corrected chi connectivity index (χ0v) is 11.0. The lowest BCUT2D eigenvalue weighted by Crippen LogP contribution is -2.22. The summed E-state index contributed by atoms with van der Waals surface area (Å²) in [6.45, 7) is 3.88. The van der Waals surface area contributed by atoms with Crippen molar-refractivity contribution >= 4 is 17.5 Å². The molecule has 0 aliphatic carbocycles. The molecule has 17 heavy (non-hydrogen) atoms. The summed E-state index contributed by atoms with van der Waals surface area (Å²) in [6.07, 6.45) is 0. The zero-order valence-electron chi connectivity index (χ0n) is 10.1. The molecule has 0 aliphatic rings. The van der Waals surface area contributed by atoms with Gasteiger partial charge in [-0.2, -0.15) is 5.26 Å². The second-order valence-corrected chi connectivity index (χ2v) is 4.89. The Morgan fingerprint density at radius 3 is 2.35 bits per heavy atom. The number of nitriles is 1. The van der Waals surface area contributed by atoms with Crippen molar-refractivity contribution in [3.63, 3.8) is 0 Å². The minimum Gasteiger partial charge on any atom is -0.497 e. The van der Waals surface area contributed by atoms with Crippen molar-refractivity contribution in [1.82, 2.24) is 0 Å². The second-order valence-electron chi connectivity index (χ2n) is 3.97. The number of ketones is 1. The molecular formula is C13H15NO2S. The number of thioether (sulfide) groups is 1. The van der Waals surface area contributed by atoms with Crippen molar-refractivity contribution in [2.75, 3.05) is 7.11 Å². The number of Topliss-reactive ketones (excluding diaryl/α,β-unsaturated/α-hetero) is 1. The molecule has 3 nitrogen and oxygen atoms in total. The van der Waals surface area contributed by atoms with Crippen LogP contribution < -0.4 is 4.74 Å². The van der Waals surface area contributed by atoms with E-state index in [-0.39, 0.29) is 17.0 Å². The third-order valence-corrected chi connectivity index (χ3v) is 3.54. The van der Waals surface area contributed by atoms with Gasteiger partial charge in [-0.3, -0.25) is 4.79 Å². The molecule has 0 radical (unpaired) electrons. The summed E-state index contributed by atoms with van der Waals surface area (Å²) >= 11 is 1.02. The Morgan fingerprint density at radius 1 is 1.35 bits per heavy atom. The molecule has 0 bridgehead atoms. The number of carbonyl (C=O) groups excluding carboxylic acids is 1. The van der Waals surface area contributed by atoms with Crippen molar-refractivity contribution in [1.29, 1.82) is 5.26 Å². The number of nitrogens with zero attached hydrogens (tertiary/aromatic N) is 1. The van der Waals surface area contributed by atoms with Gasteiger partial charge in [0.15, 0.2) is 5.78 Å². The molecule has 1 aromatic rings. The van der Waals surface area contributed by atoms with Gasteiger partial charge in [0.05, 0.1) is 12.4 Å². The van der Waals surface area contributed by atoms with E-state index in [2.05, 4.69) is 0 Å². The fourth-order valence-corrected chi connectivity index (χ4v) is 2.10. The zero-order chi connectivity index (χ0) is 12.8. The van der Waals surface area contributed by atoms with Crippen molar-refractivity contribution < 1.29 is 9.53 Å². The Morgan fingerprint density at radius 2 is 1.94 bits per heavy atom. The molecule has 90 valence electrons. The van der Waals surface area contributed by atoms with Gasteiger partial charge in [0.1, 0.15) is 11.2 Å². The lowest BCUT2D eigenvalue weighted by molar-refractivity contribution is 0.0976.